The standard InChI is InChI=1S/C19H22F3N5O3/c1-3-5-8-27-16(23)15(17(28)25-18(27)29)26(4-2)10-14-24-12-9-11(19(20,21)22)6-7-13(12)30-14/h6-7,9H,3-5,8,10,23H2,1-2H3,(H,25,28,29). The molecule has 0 saturated heterocycles. The third-order valence-electron chi connectivity index (χ3n) is 4.73. The van der Waals surface area contributed by atoms with Crippen LogP contribution in [0.4, 0.5) is 24.7 Å². The number of anilines is 2. The molecule has 2 aromatic heterocycles. The number of rotatable bonds is 7. The van der Waals surface area contributed by atoms with E-state index in [1.165, 1.54) is 10.6 Å². The second-order valence-electron chi connectivity index (χ2n) is 6.80. The third kappa shape index (κ3) is 4.19. The molecule has 3 aromatic rings. The number of nitrogen functional groups attached to an aromatic ring is 1. The molecule has 0 unspecified atom stereocenters. The summed E-state index contributed by atoms with van der Waals surface area (Å²) in [6, 6.07) is 3.03. The van der Waals surface area contributed by atoms with Crippen LogP contribution >= 0.6 is 0 Å². The molecule has 2 heterocycles. The molecule has 11 heteroatoms. The molecule has 0 amide bonds. The van der Waals surface area contributed by atoms with Crippen molar-refractivity contribution in [3.63, 3.8) is 0 Å². The van der Waals surface area contributed by atoms with E-state index in [0.29, 0.717) is 19.5 Å². The van der Waals surface area contributed by atoms with Crippen LogP contribution in [0.3, 0.4) is 0 Å². The first-order valence-electron chi connectivity index (χ1n) is 9.49. The van der Waals surface area contributed by atoms with Crippen molar-refractivity contribution in [1.29, 1.82) is 0 Å². The number of nitrogens with zero attached hydrogens (tertiary/aromatic N) is 3. The van der Waals surface area contributed by atoms with Gasteiger partial charge in [0, 0.05) is 13.1 Å². The van der Waals surface area contributed by atoms with Crippen LogP contribution in [-0.2, 0) is 19.3 Å². The Labute approximate surface area is 169 Å². The monoisotopic (exact) mass is 425 g/mol. The van der Waals surface area contributed by atoms with Gasteiger partial charge in [-0.2, -0.15) is 13.2 Å². The zero-order valence-corrected chi connectivity index (χ0v) is 16.5. The van der Waals surface area contributed by atoms with Crippen molar-refractivity contribution in [3.8, 4) is 0 Å². The molecule has 0 spiro atoms. The molecule has 0 bridgehead atoms. The van der Waals surface area contributed by atoms with Gasteiger partial charge in [-0.05, 0) is 31.5 Å². The van der Waals surface area contributed by atoms with Crippen LogP contribution in [0, 0.1) is 0 Å². The van der Waals surface area contributed by atoms with Crippen LogP contribution in [0.1, 0.15) is 38.1 Å². The Balaban J connectivity index is 1.98. The van der Waals surface area contributed by atoms with Crippen molar-refractivity contribution in [2.24, 2.45) is 0 Å². The summed E-state index contributed by atoms with van der Waals surface area (Å²) in [5, 5.41) is 0. The zero-order chi connectivity index (χ0) is 22.1. The average Bonchev–Trinajstić information content (AvgIpc) is 3.07. The van der Waals surface area contributed by atoms with Gasteiger partial charge in [-0.1, -0.05) is 13.3 Å². The minimum atomic E-state index is -4.49. The molecule has 0 radical (unpaired) electrons. The number of unbranched alkanes of at least 4 members (excludes halogenated alkanes) is 1. The Morgan fingerprint density at radius 2 is 2.00 bits per heavy atom. The lowest BCUT2D eigenvalue weighted by Gasteiger charge is -2.23. The summed E-state index contributed by atoms with van der Waals surface area (Å²) in [5.74, 6) is 0.144. The number of oxazole rings is 1. The first-order chi connectivity index (χ1) is 14.2. The second kappa shape index (κ2) is 8.25. The molecular weight excluding hydrogens is 403 g/mol. The number of H-pyrrole nitrogens is 1. The fourth-order valence-corrected chi connectivity index (χ4v) is 3.15. The van der Waals surface area contributed by atoms with Crippen molar-refractivity contribution in [2.75, 3.05) is 17.2 Å². The molecule has 0 saturated carbocycles. The van der Waals surface area contributed by atoms with Gasteiger partial charge in [0.1, 0.15) is 17.0 Å². The molecule has 3 rings (SSSR count). The molecule has 0 aliphatic carbocycles. The minimum Gasteiger partial charge on any atom is -0.439 e. The van der Waals surface area contributed by atoms with Crippen molar-refractivity contribution < 1.29 is 17.6 Å². The summed E-state index contributed by atoms with van der Waals surface area (Å²) in [6.07, 6.45) is -2.95. The van der Waals surface area contributed by atoms with Crippen LogP contribution in [0.25, 0.3) is 11.1 Å². The maximum atomic E-state index is 12.9. The molecule has 0 aliphatic rings. The van der Waals surface area contributed by atoms with Crippen molar-refractivity contribution >= 4 is 22.6 Å². The van der Waals surface area contributed by atoms with Crippen molar-refractivity contribution in [3.05, 3.63) is 50.5 Å². The Hall–Kier alpha value is -3.24. The van der Waals surface area contributed by atoms with E-state index in [2.05, 4.69) is 9.97 Å². The third-order valence-corrected chi connectivity index (χ3v) is 4.73. The Kier molecular flexibility index (Phi) is 5.90. The first-order valence-corrected chi connectivity index (χ1v) is 9.49. The Bertz CT molecular complexity index is 1160. The van der Waals surface area contributed by atoms with Gasteiger partial charge < -0.3 is 15.1 Å². The van der Waals surface area contributed by atoms with E-state index in [1.807, 2.05) is 6.92 Å². The van der Waals surface area contributed by atoms with Gasteiger partial charge >= 0.3 is 11.9 Å². The topological polar surface area (TPSA) is 110 Å². The molecule has 0 aliphatic heterocycles. The fraction of sp³-hybridized carbons (Fsp3) is 0.421. The van der Waals surface area contributed by atoms with E-state index >= 15 is 0 Å². The van der Waals surface area contributed by atoms with E-state index in [-0.39, 0.29) is 35.0 Å². The number of benzene rings is 1. The molecule has 0 fully saturated rings. The van der Waals surface area contributed by atoms with Gasteiger partial charge in [0.05, 0.1) is 12.1 Å². The molecule has 0 atom stereocenters. The normalized spacial score (nSPS) is 11.9. The van der Waals surface area contributed by atoms with Gasteiger partial charge in [-0.25, -0.2) is 9.78 Å². The largest absolute Gasteiger partial charge is 0.439 e. The van der Waals surface area contributed by atoms with Crippen LogP contribution in [0.2, 0.25) is 0 Å². The number of nitrogens with one attached hydrogen (secondary N) is 1. The van der Waals surface area contributed by atoms with Gasteiger partial charge in [-0.3, -0.25) is 14.3 Å². The van der Waals surface area contributed by atoms with Crippen LogP contribution < -0.4 is 21.9 Å². The van der Waals surface area contributed by atoms with Gasteiger partial charge in [0.2, 0.25) is 5.89 Å². The molecule has 162 valence electrons. The predicted molar refractivity (Wildman–Crippen MR) is 106 cm³/mol. The highest BCUT2D eigenvalue weighted by Crippen LogP contribution is 2.31. The smallest absolute Gasteiger partial charge is 0.416 e. The number of hydrogen-bond acceptors (Lipinski definition) is 6. The molecule has 1 aromatic carbocycles. The summed E-state index contributed by atoms with van der Waals surface area (Å²) < 4.78 is 45.6. The number of alkyl halides is 3. The summed E-state index contributed by atoms with van der Waals surface area (Å²) in [4.78, 5) is 32.5. The Morgan fingerprint density at radius 1 is 1.27 bits per heavy atom. The van der Waals surface area contributed by atoms with Crippen molar-refractivity contribution in [2.45, 2.75) is 46.0 Å². The maximum absolute atomic E-state index is 12.9. The lowest BCUT2D eigenvalue weighted by atomic mass is 10.2. The van der Waals surface area contributed by atoms with Crippen LogP contribution in [-0.4, -0.2) is 21.1 Å². The fourth-order valence-electron chi connectivity index (χ4n) is 3.15. The highest BCUT2D eigenvalue weighted by atomic mass is 19.4. The molecular formula is C19H22F3N5O3. The zero-order valence-electron chi connectivity index (χ0n) is 16.5. The average molecular weight is 425 g/mol. The maximum Gasteiger partial charge on any atom is 0.416 e. The molecule has 8 nitrogen and oxygen atoms in total. The van der Waals surface area contributed by atoms with E-state index in [1.54, 1.807) is 11.8 Å². The van der Waals surface area contributed by atoms with E-state index in [4.69, 9.17) is 10.2 Å². The van der Waals surface area contributed by atoms with Gasteiger partial charge in [-0.15, -0.1) is 0 Å². The van der Waals surface area contributed by atoms with E-state index < -0.39 is 23.0 Å². The lowest BCUT2D eigenvalue weighted by Crippen LogP contribution is -2.38. The highest BCUT2D eigenvalue weighted by Gasteiger charge is 2.31. The summed E-state index contributed by atoms with van der Waals surface area (Å²) in [6.45, 7) is 4.40. The number of aromatic nitrogens is 3. The summed E-state index contributed by atoms with van der Waals surface area (Å²) in [7, 11) is 0. The molecule has 30 heavy (non-hydrogen) atoms. The highest BCUT2D eigenvalue weighted by molar-refractivity contribution is 5.73. The number of halogens is 3. The van der Waals surface area contributed by atoms with E-state index in [9.17, 15) is 22.8 Å². The number of aromatic amines is 1. The number of fused-ring (bicyclic) bond motifs is 1. The van der Waals surface area contributed by atoms with Crippen LogP contribution in [0.5, 0.6) is 0 Å². The minimum absolute atomic E-state index is 0.00814. The van der Waals surface area contributed by atoms with Gasteiger partial charge in [0.25, 0.3) is 5.56 Å². The Morgan fingerprint density at radius 3 is 2.63 bits per heavy atom. The van der Waals surface area contributed by atoms with Gasteiger partial charge in [0.15, 0.2) is 5.58 Å². The summed E-state index contributed by atoms with van der Waals surface area (Å²) >= 11 is 0. The summed E-state index contributed by atoms with van der Waals surface area (Å²) in [5.41, 5.74) is 4.40. The molecule has 3 N–H and O–H groups in total. The SMILES string of the molecule is CCCCn1c(N)c(N(CC)Cc2nc3cc(C(F)(F)F)ccc3o2)c(=O)[nH]c1=O. The second-order valence-corrected chi connectivity index (χ2v) is 6.80. The lowest BCUT2D eigenvalue weighted by molar-refractivity contribution is -0.137. The first kappa shape index (κ1) is 21.5. The van der Waals surface area contributed by atoms with E-state index in [0.717, 1.165) is 18.6 Å². The van der Waals surface area contributed by atoms with Crippen molar-refractivity contribution in [1.82, 2.24) is 14.5 Å². The van der Waals surface area contributed by atoms with Crippen LogP contribution in [0.15, 0.2) is 32.2 Å². The quantitative estimate of drug-likeness (QED) is 0.602. The number of hydrogen-bond donors (Lipinski definition) is 2. The predicted octanol–water partition coefficient (Wildman–Crippen LogP) is 3.11. The number of nitrogens with two attached hydrogens (primary N) is 1.